The summed E-state index contributed by atoms with van der Waals surface area (Å²) >= 11 is 2.90. The number of nitrogens with zero attached hydrogens (tertiary/aromatic N) is 2. The fourth-order valence-corrected chi connectivity index (χ4v) is 4.21. The molecule has 1 heterocycles. The molecule has 1 fully saturated rings. The van der Waals surface area contributed by atoms with Gasteiger partial charge in [-0.3, -0.25) is 9.59 Å². The molecule has 0 aliphatic heterocycles. The van der Waals surface area contributed by atoms with Gasteiger partial charge in [0.2, 0.25) is 11.0 Å². The molecule has 2 N–H and O–H groups in total. The molecular weight excluding hydrogens is 368 g/mol. The van der Waals surface area contributed by atoms with Crippen molar-refractivity contribution in [2.75, 3.05) is 10.6 Å². The number of thioether (sulfide) groups is 1. The Bertz CT molecular complexity index is 785. The molecule has 1 amide bonds. The standard InChI is InChI=1S/C18H22N4O2S2/c1-10(2)16(24)19-13-6-4-12(5-7-13)15(23)11(3)25-18-22-21-17(26-18)20-14-8-9-14/h4-7,10-11,14H,8-9H2,1-3H3,(H,19,24)(H,20,21)/t11-/m0/s1. The number of hydrogen-bond acceptors (Lipinski definition) is 7. The summed E-state index contributed by atoms with van der Waals surface area (Å²) in [4.78, 5) is 24.3. The number of Topliss-reactive ketones (excluding diaryl/α,β-unsaturated/α-hetero) is 1. The molecule has 26 heavy (non-hydrogen) atoms. The molecule has 1 aliphatic carbocycles. The zero-order chi connectivity index (χ0) is 18.7. The van der Waals surface area contributed by atoms with Crippen LogP contribution in [0.5, 0.6) is 0 Å². The van der Waals surface area contributed by atoms with Crippen LogP contribution >= 0.6 is 23.1 Å². The van der Waals surface area contributed by atoms with E-state index in [1.54, 1.807) is 24.3 Å². The molecule has 0 unspecified atom stereocenters. The van der Waals surface area contributed by atoms with Crippen LogP contribution in [0.15, 0.2) is 28.6 Å². The normalized spacial score (nSPS) is 14.9. The van der Waals surface area contributed by atoms with Crippen molar-refractivity contribution in [3.05, 3.63) is 29.8 Å². The molecule has 0 radical (unpaired) electrons. The second kappa shape index (κ2) is 8.18. The van der Waals surface area contributed by atoms with Crippen LogP contribution in [-0.2, 0) is 4.79 Å². The number of hydrogen-bond donors (Lipinski definition) is 2. The van der Waals surface area contributed by atoms with Crippen LogP contribution in [0.2, 0.25) is 0 Å². The monoisotopic (exact) mass is 390 g/mol. The first-order chi connectivity index (χ1) is 12.4. The second-order valence-electron chi connectivity index (χ2n) is 6.64. The van der Waals surface area contributed by atoms with Crippen molar-refractivity contribution in [2.24, 2.45) is 5.92 Å². The van der Waals surface area contributed by atoms with E-state index >= 15 is 0 Å². The molecule has 2 aromatic rings. The number of carbonyl (C=O) groups excluding carboxylic acids is 2. The van der Waals surface area contributed by atoms with Crippen LogP contribution in [0.1, 0.15) is 44.0 Å². The third-order valence-corrected chi connectivity index (χ3v) is 5.96. The van der Waals surface area contributed by atoms with Gasteiger partial charge in [-0.2, -0.15) is 0 Å². The van der Waals surface area contributed by atoms with E-state index in [2.05, 4.69) is 20.8 Å². The lowest BCUT2D eigenvalue weighted by atomic mass is 10.1. The van der Waals surface area contributed by atoms with Crippen molar-refractivity contribution >= 4 is 45.6 Å². The maximum Gasteiger partial charge on any atom is 0.226 e. The van der Waals surface area contributed by atoms with E-state index in [1.807, 2.05) is 20.8 Å². The Morgan fingerprint density at radius 2 is 1.85 bits per heavy atom. The number of amides is 1. The first-order valence-corrected chi connectivity index (χ1v) is 10.3. The Morgan fingerprint density at radius 1 is 1.15 bits per heavy atom. The van der Waals surface area contributed by atoms with Crippen molar-refractivity contribution in [1.29, 1.82) is 0 Å². The van der Waals surface area contributed by atoms with Crippen LogP contribution in [0.4, 0.5) is 10.8 Å². The largest absolute Gasteiger partial charge is 0.357 e. The minimum atomic E-state index is -0.257. The molecule has 1 aliphatic rings. The Hall–Kier alpha value is -1.93. The summed E-state index contributed by atoms with van der Waals surface area (Å²) in [6.07, 6.45) is 2.37. The summed E-state index contributed by atoms with van der Waals surface area (Å²) in [5.41, 5.74) is 1.31. The van der Waals surface area contributed by atoms with Gasteiger partial charge >= 0.3 is 0 Å². The van der Waals surface area contributed by atoms with Crippen molar-refractivity contribution in [3.63, 3.8) is 0 Å². The summed E-state index contributed by atoms with van der Waals surface area (Å²) in [6, 6.07) is 7.54. The predicted octanol–water partition coefficient (Wildman–Crippen LogP) is 4.07. The van der Waals surface area contributed by atoms with Crippen LogP contribution in [-0.4, -0.2) is 33.2 Å². The van der Waals surface area contributed by atoms with E-state index in [0.29, 0.717) is 17.3 Å². The smallest absolute Gasteiger partial charge is 0.226 e. The molecular formula is C18H22N4O2S2. The van der Waals surface area contributed by atoms with E-state index in [4.69, 9.17) is 0 Å². The number of nitrogens with one attached hydrogen (secondary N) is 2. The zero-order valence-electron chi connectivity index (χ0n) is 15.0. The number of aromatic nitrogens is 2. The van der Waals surface area contributed by atoms with Crippen LogP contribution in [0.3, 0.4) is 0 Å². The SMILES string of the molecule is CC(C)C(=O)Nc1ccc(C(=O)[C@H](C)Sc2nnc(NC3CC3)s2)cc1. The van der Waals surface area contributed by atoms with Gasteiger partial charge in [-0.25, -0.2) is 0 Å². The molecule has 0 spiro atoms. The van der Waals surface area contributed by atoms with Crippen molar-refractivity contribution in [1.82, 2.24) is 10.2 Å². The van der Waals surface area contributed by atoms with Crippen LogP contribution in [0.25, 0.3) is 0 Å². The van der Waals surface area contributed by atoms with E-state index < -0.39 is 0 Å². The van der Waals surface area contributed by atoms with E-state index in [9.17, 15) is 9.59 Å². The summed E-state index contributed by atoms with van der Waals surface area (Å²) in [5, 5.41) is 15.0. The van der Waals surface area contributed by atoms with Gasteiger partial charge in [0.25, 0.3) is 0 Å². The lowest BCUT2D eigenvalue weighted by Crippen LogP contribution is -2.18. The van der Waals surface area contributed by atoms with Gasteiger partial charge in [0.05, 0.1) is 5.25 Å². The summed E-state index contributed by atoms with van der Waals surface area (Å²) in [7, 11) is 0. The highest BCUT2D eigenvalue weighted by atomic mass is 32.2. The lowest BCUT2D eigenvalue weighted by molar-refractivity contribution is -0.118. The zero-order valence-corrected chi connectivity index (χ0v) is 16.6. The summed E-state index contributed by atoms with van der Waals surface area (Å²) in [5.74, 6) is -0.0950. The third-order valence-electron chi connectivity index (χ3n) is 3.92. The first-order valence-electron chi connectivity index (χ1n) is 8.64. The molecule has 1 aromatic carbocycles. The topological polar surface area (TPSA) is 84.0 Å². The van der Waals surface area contributed by atoms with Crippen LogP contribution in [0, 0.1) is 5.92 Å². The Morgan fingerprint density at radius 3 is 2.46 bits per heavy atom. The predicted molar refractivity (Wildman–Crippen MR) is 106 cm³/mol. The minimum Gasteiger partial charge on any atom is -0.357 e. The maximum absolute atomic E-state index is 12.6. The Balaban J connectivity index is 1.57. The van der Waals surface area contributed by atoms with Gasteiger partial charge in [-0.05, 0) is 44.0 Å². The molecule has 1 atom stereocenters. The maximum atomic E-state index is 12.6. The van der Waals surface area contributed by atoms with E-state index in [1.165, 1.54) is 35.9 Å². The molecule has 0 saturated heterocycles. The van der Waals surface area contributed by atoms with Gasteiger partial charge in [0, 0.05) is 23.2 Å². The molecule has 1 saturated carbocycles. The quantitative estimate of drug-likeness (QED) is 0.522. The van der Waals surface area contributed by atoms with Gasteiger partial charge in [-0.1, -0.05) is 36.9 Å². The van der Waals surface area contributed by atoms with Crippen molar-refractivity contribution < 1.29 is 9.59 Å². The molecule has 138 valence electrons. The second-order valence-corrected chi connectivity index (χ2v) is 9.20. The van der Waals surface area contributed by atoms with Gasteiger partial charge in [-0.15, -0.1) is 10.2 Å². The number of carbonyl (C=O) groups is 2. The summed E-state index contributed by atoms with van der Waals surface area (Å²) in [6.45, 7) is 5.55. The average Bonchev–Trinajstić information content (AvgIpc) is 3.32. The van der Waals surface area contributed by atoms with Crippen LogP contribution < -0.4 is 10.6 Å². The highest BCUT2D eigenvalue weighted by Crippen LogP contribution is 2.33. The van der Waals surface area contributed by atoms with E-state index in [0.717, 1.165) is 9.47 Å². The molecule has 6 nitrogen and oxygen atoms in total. The fourth-order valence-electron chi connectivity index (χ4n) is 2.16. The van der Waals surface area contributed by atoms with E-state index in [-0.39, 0.29) is 22.9 Å². The third kappa shape index (κ3) is 5.04. The van der Waals surface area contributed by atoms with Gasteiger partial charge < -0.3 is 10.6 Å². The Labute approximate surface area is 161 Å². The summed E-state index contributed by atoms with van der Waals surface area (Å²) < 4.78 is 0.787. The molecule has 1 aromatic heterocycles. The van der Waals surface area contributed by atoms with Gasteiger partial charge in [0.1, 0.15) is 0 Å². The van der Waals surface area contributed by atoms with Gasteiger partial charge in [0.15, 0.2) is 10.1 Å². The van der Waals surface area contributed by atoms with Crippen molar-refractivity contribution in [2.45, 2.75) is 49.2 Å². The highest BCUT2D eigenvalue weighted by Gasteiger charge is 2.23. The number of benzene rings is 1. The highest BCUT2D eigenvalue weighted by molar-refractivity contribution is 8.02. The molecule has 0 bridgehead atoms. The average molecular weight is 391 g/mol. The first kappa shape index (κ1) is 18.8. The van der Waals surface area contributed by atoms with Crippen molar-refractivity contribution in [3.8, 4) is 0 Å². The Kier molecular flexibility index (Phi) is 5.93. The number of rotatable bonds is 8. The fraction of sp³-hybridized carbons (Fsp3) is 0.444. The number of anilines is 2. The number of ketones is 1. The minimum absolute atomic E-state index is 0.0311. The molecule has 8 heteroatoms. The molecule has 3 rings (SSSR count). The lowest BCUT2D eigenvalue weighted by Gasteiger charge is -2.10.